The molecule has 0 saturated heterocycles. The molecule has 20 heavy (non-hydrogen) atoms. The summed E-state index contributed by atoms with van der Waals surface area (Å²) in [6, 6.07) is 0.497. The zero-order valence-corrected chi connectivity index (χ0v) is 15.2. The highest BCUT2D eigenvalue weighted by Gasteiger charge is 2.34. The summed E-state index contributed by atoms with van der Waals surface area (Å²) in [4.78, 5) is 2.56. The number of methoxy groups -OCH3 is 1. The highest BCUT2D eigenvalue weighted by Crippen LogP contribution is 2.26. The fourth-order valence-corrected chi connectivity index (χ4v) is 2.88. The lowest BCUT2D eigenvalue weighted by atomic mass is 9.86. The number of nitrogens with zero attached hydrogens (tertiary/aromatic N) is 1. The minimum Gasteiger partial charge on any atom is -0.379 e. The van der Waals surface area contributed by atoms with Gasteiger partial charge in [-0.15, -0.1) is 0 Å². The molecule has 0 aromatic rings. The van der Waals surface area contributed by atoms with E-state index in [4.69, 9.17) is 4.74 Å². The minimum absolute atomic E-state index is 0.0362. The average Bonchev–Trinajstić information content (AvgIpc) is 2.39. The molecule has 0 radical (unpaired) electrons. The Morgan fingerprint density at radius 2 is 1.60 bits per heavy atom. The van der Waals surface area contributed by atoms with Gasteiger partial charge in [-0.3, -0.25) is 4.90 Å². The van der Waals surface area contributed by atoms with Gasteiger partial charge in [0.15, 0.2) is 0 Å². The highest BCUT2D eigenvalue weighted by molar-refractivity contribution is 4.94. The van der Waals surface area contributed by atoms with Gasteiger partial charge in [0.25, 0.3) is 0 Å². The van der Waals surface area contributed by atoms with Crippen molar-refractivity contribution in [3.05, 3.63) is 0 Å². The fraction of sp³-hybridized carbons (Fsp3) is 1.00. The zero-order valence-electron chi connectivity index (χ0n) is 15.2. The van der Waals surface area contributed by atoms with Crippen molar-refractivity contribution in [1.29, 1.82) is 0 Å². The van der Waals surface area contributed by atoms with Gasteiger partial charge in [-0.05, 0) is 66.6 Å². The van der Waals surface area contributed by atoms with E-state index in [9.17, 15) is 0 Å². The molecule has 0 aromatic carbocycles. The van der Waals surface area contributed by atoms with Crippen LogP contribution in [0.4, 0.5) is 0 Å². The summed E-state index contributed by atoms with van der Waals surface area (Å²) >= 11 is 0. The van der Waals surface area contributed by atoms with Crippen molar-refractivity contribution in [1.82, 2.24) is 10.2 Å². The van der Waals surface area contributed by atoms with Crippen LogP contribution in [0, 0.1) is 0 Å². The van der Waals surface area contributed by atoms with Crippen LogP contribution in [0.5, 0.6) is 0 Å². The number of rotatable bonds is 11. The maximum atomic E-state index is 5.58. The predicted octanol–water partition coefficient (Wildman–Crippen LogP) is 3.68. The van der Waals surface area contributed by atoms with Gasteiger partial charge in [-0.2, -0.15) is 0 Å². The van der Waals surface area contributed by atoms with Gasteiger partial charge in [0.05, 0.1) is 5.60 Å². The van der Waals surface area contributed by atoms with E-state index >= 15 is 0 Å². The second kappa shape index (κ2) is 9.01. The number of hydrogen-bond acceptors (Lipinski definition) is 3. The smallest absolute Gasteiger partial charge is 0.0623 e. The molecule has 0 aromatic heterocycles. The van der Waals surface area contributed by atoms with Crippen LogP contribution in [-0.2, 0) is 4.74 Å². The summed E-state index contributed by atoms with van der Waals surface area (Å²) in [6.45, 7) is 19.1. The van der Waals surface area contributed by atoms with Crippen LogP contribution < -0.4 is 5.32 Å². The Hall–Kier alpha value is -0.120. The molecule has 0 aliphatic rings. The largest absolute Gasteiger partial charge is 0.379 e. The number of ether oxygens (including phenoxy) is 1. The number of nitrogens with one attached hydrogen (secondary N) is 1. The molecule has 0 amide bonds. The lowest BCUT2D eigenvalue weighted by Crippen LogP contribution is -2.58. The second-order valence-corrected chi connectivity index (χ2v) is 6.84. The van der Waals surface area contributed by atoms with Gasteiger partial charge in [0.1, 0.15) is 0 Å². The number of hydrogen-bond donors (Lipinski definition) is 1. The molecule has 0 aliphatic heterocycles. The summed E-state index contributed by atoms with van der Waals surface area (Å²) in [5, 5.41) is 3.76. The first kappa shape index (κ1) is 19.9. The van der Waals surface area contributed by atoms with Crippen molar-refractivity contribution in [2.45, 2.75) is 84.9 Å². The molecule has 1 N–H and O–H groups in total. The summed E-state index contributed by atoms with van der Waals surface area (Å²) in [5.74, 6) is 0. The van der Waals surface area contributed by atoms with Gasteiger partial charge in [-0.1, -0.05) is 20.8 Å². The third-order valence-corrected chi connectivity index (χ3v) is 4.66. The quantitative estimate of drug-likeness (QED) is 0.627. The van der Waals surface area contributed by atoms with Gasteiger partial charge in [0, 0.05) is 18.7 Å². The van der Waals surface area contributed by atoms with Crippen LogP contribution in [0.25, 0.3) is 0 Å². The van der Waals surface area contributed by atoms with E-state index < -0.39 is 0 Å². The molecule has 0 rings (SSSR count). The van der Waals surface area contributed by atoms with Crippen LogP contribution in [0.1, 0.15) is 67.7 Å². The van der Waals surface area contributed by atoms with E-state index in [-0.39, 0.29) is 11.1 Å². The van der Waals surface area contributed by atoms with Crippen LogP contribution >= 0.6 is 0 Å². The van der Waals surface area contributed by atoms with Crippen molar-refractivity contribution in [3.63, 3.8) is 0 Å². The highest BCUT2D eigenvalue weighted by atomic mass is 16.5. The second-order valence-electron chi connectivity index (χ2n) is 6.84. The van der Waals surface area contributed by atoms with Crippen LogP contribution in [0.2, 0.25) is 0 Å². The molecule has 0 fully saturated rings. The summed E-state index contributed by atoms with van der Waals surface area (Å²) in [5.41, 5.74) is 0.133. The van der Waals surface area contributed by atoms with E-state index in [0.29, 0.717) is 6.04 Å². The molecule has 0 spiro atoms. The maximum Gasteiger partial charge on any atom is 0.0623 e. The molecule has 0 saturated carbocycles. The van der Waals surface area contributed by atoms with Crippen molar-refractivity contribution in [2.75, 3.05) is 26.7 Å². The molecule has 122 valence electrons. The predicted molar refractivity (Wildman–Crippen MR) is 89.4 cm³/mol. The first-order valence-electron chi connectivity index (χ1n) is 8.28. The first-order valence-corrected chi connectivity index (χ1v) is 8.28. The van der Waals surface area contributed by atoms with Crippen LogP contribution in [0.15, 0.2) is 0 Å². The Labute approximate surface area is 127 Å². The minimum atomic E-state index is -0.0362. The third kappa shape index (κ3) is 6.11. The summed E-state index contributed by atoms with van der Waals surface area (Å²) in [6.07, 6.45) is 3.40. The number of likely N-dealkylation sites (N-methyl/N-ethyl adjacent to an activating group) is 1. The lowest BCUT2D eigenvalue weighted by molar-refractivity contribution is 0.00358. The molecule has 0 aliphatic carbocycles. The first-order chi connectivity index (χ1) is 9.25. The Kier molecular flexibility index (Phi) is 8.96. The van der Waals surface area contributed by atoms with Gasteiger partial charge in [0.2, 0.25) is 0 Å². The molecule has 0 heterocycles. The van der Waals surface area contributed by atoms with E-state index in [1.54, 1.807) is 0 Å². The van der Waals surface area contributed by atoms with Crippen molar-refractivity contribution >= 4 is 0 Å². The molecular formula is C17H38N2O. The van der Waals surface area contributed by atoms with Crippen LogP contribution in [-0.4, -0.2) is 48.8 Å². The van der Waals surface area contributed by atoms with E-state index in [1.165, 1.54) is 6.42 Å². The van der Waals surface area contributed by atoms with E-state index in [0.717, 1.165) is 32.5 Å². The SMILES string of the molecule is CCCNC(CCC(C)(C)OC)C(C)(C)N(CC)CC. The van der Waals surface area contributed by atoms with E-state index in [2.05, 4.69) is 58.7 Å². The Morgan fingerprint density at radius 3 is 2.00 bits per heavy atom. The monoisotopic (exact) mass is 286 g/mol. The normalized spacial score (nSPS) is 14.8. The third-order valence-electron chi connectivity index (χ3n) is 4.66. The average molecular weight is 287 g/mol. The van der Waals surface area contributed by atoms with Crippen molar-refractivity contribution in [2.24, 2.45) is 0 Å². The lowest BCUT2D eigenvalue weighted by Gasteiger charge is -2.44. The van der Waals surface area contributed by atoms with Gasteiger partial charge in [-0.25, -0.2) is 0 Å². The summed E-state index contributed by atoms with van der Waals surface area (Å²) < 4.78 is 5.58. The van der Waals surface area contributed by atoms with E-state index in [1.807, 2.05) is 7.11 Å². The molecule has 1 unspecified atom stereocenters. The fourth-order valence-electron chi connectivity index (χ4n) is 2.88. The Balaban J connectivity index is 4.84. The standard InChI is InChI=1S/C17H38N2O/c1-9-14-18-15(12-13-16(4,5)20-8)17(6,7)19(10-2)11-3/h15,18H,9-14H2,1-8H3. The topological polar surface area (TPSA) is 24.5 Å². The summed E-state index contributed by atoms with van der Waals surface area (Å²) in [7, 11) is 1.81. The zero-order chi connectivity index (χ0) is 15.8. The molecular weight excluding hydrogens is 248 g/mol. The van der Waals surface area contributed by atoms with Crippen molar-refractivity contribution in [3.8, 4) is 0 Å². The van der Waals surface area contributed by atoms with Gasteiger partial charge >= 0.3 is 0 Å². The van der Waals surface area contributed by atoms with Crippen LogP contribution in [0.3, 0.4) is 0 Å². The van der Waals surface area contributed by atoms with Gasteiger partial charge < -0.3 is 10.1 Å². The molecule has 0 bridgehead atoms. The maximum absolute atomic E-state index is 5.58. The molecule has 3 heteroatoms. The molecule has 1 atom stereocenters. The molecule has 3 nitrogen and oxygen atoms in total. The Bertz CT molecular complexity index is 247. The Morgan fingerprint density at radius 1 is 1.05 bits per heavy atom. The van der Waals surface area contributed by atoms with Crippen molar-refractivity contribution < 1.29 is 4.74 Å².